The van der Waals surface area contributed by atoms with E-state index in [1.807, 2.05) is 32.0 Å². The third kappa shape index (κ3) is 2.05. The Hall–Kier alpha value is -1.42. The van der Waals surface area contributed by atoms with Crippen molar-refractivity contribution in [1.29, 1.82) is 0 Å². The number of halogens is 1. The van der Waals surface area contributed by atoms with Gasteiger partial charge in [0.05, 0.1) is 11.1 Å². The highest BCUT2D eigenvalue weighted by molar-refractivity contribution is 9.10. The lowest BCUT2D eigenvalue weighted by molar-refractivity contribution is 0.0697. The van der Waals surface area contributed by atoms with Crippen LogP contribution in [0.2, 0.25) is 0 Å². The number of fused-ring (bicyclic) bond motifs is 1. The van der Waals surface area contributed by atoms with Crippen LogP contribution in [-0.2, 0) is 6.42 Å². The van der Waals surface area contributed by atoms with Crippen LogP contribution in [-0.4, -0.2) is 16.1 Å². The van der Waals surface area contributed by atoms with Crippen LogP contribution in [0.4, 0.5) is 0 Å². The first-order chi connectivity index (χ1) is 8.04. The minimum absolute atomic E-state index is 0.372. The van der Waals surface area contributed by atoms with Crippen molar-refractivity contribution in [2.45, 2.75) is 20.3 Å². The number of benzene rings is 1. The molecule has 0 atom stereocenters. The van der Waals surface area contributed by atoms with Crippen LogP contribution in [0.15, 0.2) is 22.7 Å². The molecular formula is C13H12BrNO2. The summed E-state index contributed by atoms with van der Waals surface area (Å²) in [6.45, 7) is 3.80. The Morgan fingerprint density at radius 3 is 2.76 bits per heavy atom. The summed E-state index contributed by atoms with van der Waals surface area (Å²) in [5, 5.41) is 10.1. The van der Waals surface area contributed by atoms with Crippen LogP contribution in [0.3, 0.4) is 0 Å². The van der Waals surface area contributed by atoms with Gasteiger partial charge in [0.2, 0.25) is 0 Å². The van der Waals surface area contributed by atoms with Gasteiger partial charge in [0.1, 0.15) is 0 Å². The van der Waals surface area contributed by atoms with E-state index in [0.717, 1.165) is 21.2 Å². The number of carboxylic acids is 1. The van der Waals surface area contributed by atoms with Crippen LogP contribution in [0.1, 0.15) is 28.5 Å². The van der Waals surface area contributed by atoms with Gasteiger partial charge in [-0.1, -0.05) is 22.9 Å². The second kappa shape index (κ2) is 4.45. The lowest BCUT2D eigenvalue weighted by Gasteiger charge is -2.11. The van der Waals surface area contributed by atoms with Crippen LogP contribution >= 0.6 is 15.9 Å². The minimum Gasteiger partial charge on any atom is -0.478 e. The fourth-order valence-corrected chi connectivity index (χ4v) is 2.44. The number of hydrogen-bond donors (Lipinski definition) is 1. The SMILES string of the molecule is CCc1c(C)nc2ccc(Br)cc2c1C(=O)O. The summed E-state index contributed by atoms with van der Waals surface area (Å²) in [5.74, 6) is -0.893. The van der Waals surface area contributed by atoms with Crippen LogP contribution < -0.4 is 0 Å². The van der Waals surface area contributed by atoms with Gasteiger partial charge in [-0.05, 0) is 37.1 Å². The van der Waals surface area contributed by atoms with Crippen LogP contribution in [0.5, 0.6) is 0 Å². The summed E-state index contributed by atoms with van der Waals surface area (Å²) in [6.07, 6.45) is 0.670. The molecule has 17 heavy (non-hydrogen) atoms. The Morgan fingerprint density at radius 1 is 1.47 bits per heavy atom. The van der Waals surface area contributed by atoms with Gasteiger partial charge in [-0.15, -0.1) is 0 Å². The largest absolute Gasteiger partial charge is 0.478 e. The first-order valence-corrected chi connectivity index (χ1v) is 6.16. The van der Waals surface area contributed by atoms with Crippen molar-refractivity contribution >= 4 is 32.8 Å². The van der Waals surface area contributed by atoms with Gasteiger partial charge in [0, 0.05) is 15.6 Å². The molecule has 0 bridgehead atoms. The van der Waals surface area contributed by atoms with Crippen molar-refractivity contribution in [3.63, 3.8) is 0 Å². The molecule has 1 aromatic carbocycles. The highest BCUT2D eigenvalue weighted by atomic mass is 79.9. The standard InChI is InChI=1S/C13H12BrNO2/c1-3-9-7(2)15-11-5-4-8(14)6-10(11)12(9)13(16)17/h4-6H,3H2,1-2H3,(H,16,17). The van der Waals surface area contributed by atoms with E-state index in [-0.39, 0.29) is 0 Å². The molecule has 0 unspecified atom stereocenters. The van der Waals surface area contributed by atoms with E-state index in [4.69, 9.17) is 0 Å². The molecule has 2 rings (SSSR count). The Morgan fingerprint density at radius 2 is 2.18 bits per heavy atom. The normalized spacial score (nSPS) is 10.8. The number of nitrogens with zero attached hydrogens (tertiary/aromatic N) is 1. The number of pyridine rings is 1. The van der Waals surface area contributed by atoms with Crippen molar-refractivity contribution < 1.29 is 9.90 Å². The molecule has 0 aliphatic heterocycles. The second-order valence-electron chi connectivity index (χ2n) is 3.87. The Bertz CT molecular complexity index is 608. The highest BCUT2D eigenvalue weighted by Crippen LogP contribution is 2.26. The van der Waals surface area contributed by atoms with Gasteiger partial charge < -0.3 is 5.11 Å². The minimum atomic E-state index is -0.893. The number of aromatic carboxylic acids is 1. The fraction of sp³-hybridized carbons (Fsp3) is 0.231. The van der Waals surface area contributed by atoms with Crippen molar-refractivity contribution in [3.05, 3.63) is 39.5 Å². The number of aromatic nitrogens is 1. The Balaban J connectivity index is 2.94. The molecule has 0 spiro atoms. The molecule has 0 radical (unpaired) electrons. The zero-order valence-corrected chi connectivity index (χ0v) is 11.2. The maximum atomic E-state index is 11.4. The maximum absolute atomic E-state index is 11.4. The van der Waals surface area contributed by atoms with E-state index < -0.39 is 5.97 Å². The smallest absolute Gasteiger partial charge is 0.336 e. The van der Waals surface area contributed by atoms with Crippen molar-refractivity contribution in [2.75, 3.05) is 0 Å². The zero-order chi connectivity index (χ0) is 12.6. The molecule has 0 aliphatic rings. The summed E-state index contributed by atoms with van der Waals surface area (Å²) in [7, 11) is 0. The molecule has 1 aromatic heterocycles. The number of rotatable bonds is 2. The lowest BCUT2D eigenvalue weighted by Crippen LogP contribution is -2.07. The average Bonchev–Trinajstić information content (AvgIpc) is 2.27. The van der Waals surface area contributed by atoms with E-state index in [1.54, 1.807) is 0 Å². The zero-order valence-electron chi connectivity index (χ0n) is 9.62. The summed E-state index contributed by atoms with van der Waals surface area (Å²) in [6, 6.07) is 5.51. The average molecular weight is 294 g/mol. The predicted molar refractivity (Wildman–Crippen MR) is 70.5 cm³/mol. The maximum Gasteiger partial charge on any atom is 0.336 e. The third-order valence-corrected chi connectivity index (χ3v) is 3.32. The van der Waals surface area contributed by atoms with Gasteiger partial charge in [0.15, 0.2) is 0 Å². The number of hydrogen-bond acceptors (Lipinski definition) is 2. The van der Waals surface area contributed by atoms with E-state index in [2.05, 4.69) is 20.9 Å². The number of carbonyl (C=O) groups is 1. The molecule has 2 aromatic rings. The van der Waals surface area contributed by atoms with E-state index in [0.29, 0.717) is 17.4 Å². The molecular weight excluding hydrogens is 282 g/mol. The van der Waals surface area contributed by atoms with Gasteiger partial charge >= 0.3 is 5.97 Å². The molecule has 0 fully saturated rings. The summed E-state index contributed by atoms with van der Waals surface area (Å²) in [4.78, 5) is 15.9. The van der Waals surface area contributed by atoms with E-state index in [1.165, 1.54) is 0 Å². The van der Waals surface area contributed by atoms with Gasteiger partial charge in [-0.25, -0.2) is 4.79 Å². The van der Waals surface area contributed by atoms with Crippen molar-refractivity contribution in [2.24, 2.45) is 0 Å². The number of carboxylic acid groups (broad SMARTS) is 1. The molecule has 4 heteroatoms. The predicted octanol–water partition coefficient (Wildman–Crippen LogP) is 3.57. The first-order valence-electron chi connectivity index (χ1n) is 5.36. The van der Waals surface area contributed by atoms with E-state index >= 15 is 0 Å². The highest BCUT2D eigenvalue weighted by Gasteiger charge is 2.17. The van der Waals surface area contributed by atoms with Gasteiger partial charge in [-0.2, -0.15) is 0 Å². The molecule has 0 saturated carbocycles. The second-order valence-corrected chi connectivity index (χ2v) is 4.79. The molecule has 1 N–H and O–H groups in total. The molecule has 0 amide bonds. The van der Waals surface area contributed by atoms with Gasteiger partial charge in [0.25, 0.3) is 0 Å². The quantitative estimate of drug-likeness (QED) is 0.921. The third-order valence-electron chi connectivity index (χ3n) is 2.82. The molecule has 0 saturated heterocycles. The monoisotopic (exact) mass is 293 g/mol. The first kappa shape index (κ1) is 12.0. The van der Waals surface area contributed by atoms with E-state index in [9.17, 15) is 9.90 Å². The van der Waals surface area contributed by atoms with Crippen molar-refractivity contribution in [1.82, 2.24) is 4.98 Å². The summed E-state index contributed by atoms with van der Waals surface area (Å²) in [5.41, 5.74) is 2.69. The fourth-order valence-electron chi connectivity index (χ4n) is 2.07. The van der Waals surface area contributed by atoms with Gasteiger partial charge in [-0.3, -0.25) is 4.98 Å². The molecule has 88 valence electrons. The van der Waals surface area contributed by atoms with Crippen LogP contribution in [0, 0.1) is 6.92 Å². The van der Waals surface area contributed by atoms with Crippen molar-refractivity contribution in [3.8, 4) is 0 Å². The molecule has 0 aliphatic carbocycles. The Labute approximate surface area is 108 Å². The molecule has 1 heterocycles. The lowest BCUT2D eigenvalue weighted by atomic mass is 9.99. The topological polar surface area (TPSA) is 50.2 Å². The van der Waals surface area contributed by atoms with Crippen LogP contribution in [0.25, 0.3) is 10.9 Å². The molecule has 3 nitrogen and oxygen atoms in total. The summed E-state index contributed by atoms with van der Waals surface area (Å²) < 4.78 is 0.861. The Kier molecular flexibility index (Phi) is 3.15. The number of aryl methyl sites for hydroxylation is 1. The summed E-state index contributed by atoms with van der Waals surface area (Å²) >= 11 is 3.36.